The smallest absolute Gasteiger partial charge is 0.262 e. The molecule has 1 aromatic rings. The summed E-state index contributed by atoms with van der Waals surface area (Å²) in [6.45, 7) is 7.61. The average molecular weight is 307 g/mol. The van der Waals surface area contributed by atoms with Gasteiger partial charge in [0.2, 0.25) is 5.91 Å². The molecule has 4 N–H and O–H groups in total. The van der Waals surface area contributed by atoms with Crippen LogP contribution in [0, 0.1) is 11.8 Å². The monoisotopic (exact) mass is 307 g/mol. The number of nitrogens with one attached hydrogen (secondary N) is 2. The van der Waals surface area contributed by atoms with Crippen LogP contribution in [0.25, 0.3) is 0 Å². The minimum atomic E-state index is -0.600. The molecule has 2 amide bonds. The molecule has 0 aliphatic rings. The van der Waals surface area contributed by atoms with Crippen molar-refractivity contribution in [1.29, 1.82) is 0 Å². The lowest BCUT2D eigenvalue weighted by molar-refractivity contribution is -0.124. The molecule has 0 aliphatic heterocycles. The minimum absolute atomic E-state index is 0.212. The van der Waals surface area contributed by atoms with Gasteiger partial charge < -0.3 is 16.4 Å². The molecule has 6 heteroatoms. The summed E-state index contributed by atoms with van der Waals surface area (Å²) in [6.07, 6.45) is 0. The number of hydrogen-bond acceptors (Lipinski definition) is 4. The normalized spacial score (nSPS) is 12.0. The largest absolute Gasteiger partial charge is 0.350 e. The van der Waals surface area contributed by atoms with Crippen LogP contribution < -0.4 is 16.4 Å². The molecule has 0 spiro atoms. The molecule has 0 aliphatic carbocycles. The van der Waals surface area contributed by atoms with Crippen molar-refractivity contribution in [3.8, 4) is 11.8 Å². The molecule has 1 heterocycles. The number of nitrogens with two attached hydrogens (primary N) is 1. The quantitative estimate of drug-likeness (QED) is 0.731. The Morgan fingerprint density at radius 2 is 2.05 bits per heavy atom. The molecule has 1 atom stereocenters. The molecular formula is C15H21N3O2S. The van der Waals surface area contributed by atoms with E-state index < -0.39 is 6.04 Å². The van der Waals surface area contributed by atoms with Gasteiger partial charge in [0.25, 0.3) is 5.91 Å². The lowest BCUT2D eigenvalue weighted by atomic mass is 10.1. The fraction of sp³-hybridized carbons (Fsp3) is 0.467. The lowest BCUT2D eigenvalue weighted by Crippen LogP contribution is -2.50. The summed E-state index contributed by atoms with van der Waals surface area (Å²) < 4.78 is 0. The fourth-order valence-electron chi connectivity index (χ4n) is 1.48. The number of carbonyl (C=O) groups excluding carboxylic acids is 2. The van der Waals surface area contributed by atoms with Crippen LogP contribution in [0.2, 0.25) is 0 Å². The molecule has 1 unspecified atom stereocenters. The first-order chi connectivity index (χ1) is 9.73. The predicted octanol–water partition coefficient (Wildman–Crippen LogP) is 1.09. The second-order valence-electron chi connectivity index (χ2n) is 5.60. The van der Waals surface area contributed by atoms with E-state index in [0.717, 1.165) is 4.88 Å². The van der Waals surface area contributed by atoms with Gasteiger partial charge in [0, 0.05) is 5.54 Å². The Kier molecular flexibility index (Phi) is 5.94. The van der Waals surface area contributed by atoms with Crippen LogP contribution in [-0.2, 0) is 4.79 Å². The third kappa shape index (κ3) is 5.98. The van der Waals surface area contributed by atoms with Crippen molar-refractivity contribution in [2.75, 3.05) is 6.54 Å². The highest BCUT2D eigenvalue weighted by Gasteiger charge is 2.21. The fourth-order valence-corrected chi connectivity index (χ4v) is 2.26. The van der Waals surface area contributed by atoms with Gasteiger partial charge in [-0.3, -0.25) is 9.59 Å². The van der Waals surface area contributed by atoms with Crippen LogP contribution in [0.1, 0.15) is 42.2 Å². The van der Waals surface area contributed by atoms with Gasteiger partial charge in [-0.1, -0.05) is 11.8 Å². The van der Waals surface area contributed by atoms with Gasteiger partial charge in [0.1, 0.15) is 6.04 Å². The Bertz CT molecular complexity index is 576. The summed E-state index contributed by atoms with van der Waals surface area (Å²) in [5.74, 6) is 5.11. The highest BCUT2D eigenvalue weighted by Crippen LogP contribution is 2.15. The van der Waals surface area contributed by atoms with Gasteiger partial charge in [-0.05, 0) is 39.8 Å². The van der Waals surface area contributed by atoms with Crippen molar-refractivity contribution >= 4 is 23.2 Å². The van der Waals surface area contributed by atoms with Gasteiger partial charge in [-0.25, -0.2) is 0 Å². The Morgan fingerprint density at radius 3 is 2.62 bits per heavy atom. The molecule has 21 heavy (non-hydrogen) atoms. The summed E-state index contributed by atoms with van der Waals surface area (Å²) in [7, 11) is 0. The number of amides is 2. The first-order valence-corrected chi connectivity index (χ1v) is 7.46. The summed E-state index contributed by atoms with van der Waals surface area (Å²) in [6, 6.07) is 2.86. The molecule has 0 saturated heterocycles. The van der Waals surface area contributed by atoms with Crippen LogP contribution in [0.4, 0.5) is 0 Å². The first-order valence-electron chi connectivity index (χ1n) is 6.64. The molecule has 0 aromatic carbocycles. The maximum Gasteiger partial charge on any atom is 0.262 e. The number of thiophene rings is 1. The van der Waals surface area contributed by atoms with E-state index in [4.69, 9.17) is 5.73 Å². The Balaban J connectivity index is 2.64. The minimum Gasteiger partial charge on any atom is -0.350 e. The van der Waals surface area contributed by atoms with E-state index in [-0.39, 0.29) is 23.9 Å². The Labute approximate surface area is 129 Å². The zero-order valence-corrected chi connectivity index (χ0v) is 13.6. The van der Waals surface area contributed by atoms with Gasteiger partial charge in [-0.2, -0.15) is 0 Å². The molecule has 0 bridgehead atoms. The molecular weight excluding hydrogens is 286 g/mol. The number of carbonyl (C=O) groups is 2. The number of hydrogen-bond donors (Lipinski definition) is 3. The third-order valence-corrected chi connectivity index (χ3v) is 3.38. The lowest BCUT2D eigenvalue weighted by Gasteiger charge is -2.23. The van der Waals surface area contributed by atoms with E-state index in [2.05, 4.69) is 22.5 Å². The maximum atomic E-state index is 12.1. The second-order valence-corrected chi connectivity index (χ2v) is 6.69. The van der Waals surface area contributed by atoms with E-state index >= 15 is 0 Å². The van der Waals surface area contributed by atoms with Gasteiger partial charge in [0.05, 0.1) is 16.3 Å². The topological polar surface area (TPSA) is 84.2 Å². The highest BCUT2D eigenvalue weighted by molar-refractivity contribution is 7.14. The van der Waals surface area contributed by atoms with Crippen molar-refractivity contribution < 1.29 is 9.59 Å². The second kappa shape index (κ2) is 7.25. The van der Waals surface area contributed by atoms with Crippen LogP contribution in [0.5, 0.6) is 0 Å². The standard InChI is InChI=1S/C15H21N3O2S/c1-10(13(19)18-15(2,3)4)17-14(20)12-8-7-11(21-12)6-5-9-16/h7-8,10H,9,16H2,1-4H3,(H,17,20)(H,18,19). The summed E-state index contributed by atoms with van der Waals surface area (Å²) in [5, 5.41) is 5.50. The van der Waals surface area contributed by atoms with Crippen LogP contribution in [0.15, 0.2) is 12.1 Å². The molecule has 0 saturated carbocycles. The van der Waals surface area contributed by atoms with Gasteiger partial charge in [0.15, 0.2) is 0 Å². The van der Waals surface area contributed by atoms with Crippen LogP contribution in [0.3, 0.4) is 0 Å². The van der Waals surface area contributed by atoms with Crippen molar-refractivity contribution in [3.05, 3.63) is 21.9 Å². The predicted molar refractivity (Wildman–Crippen MR) is 85.1 cm³/mol. The molecule has 1 rings (SSSR count). The van der Waals surface area contributed by atoms with E-state index in [0.29, 0.717) is 4.88 Å². The zero-order valence-electron chi connectivity index (χ0n) is 12.7. The van der Waals surface area contributed by atoms with E-state index in [1.807, 2.05) is 20.8 Å². The maximum absolute atomic E-state index is 12.1. The van der Waals surface area contributed by atoms with Crippen LogP contribution >= 0.6 is 11.3 Å². The highest BCUT2D eigenvalue weighted by atomic mass is 32.1. The molecule has 1 aromatic heterocycles. The van der Waals surface area contributed by atoms with Gasteiger partial charge in [-0.15, -0.1) is 11.3 Å². The summed E-state index contributed by atoms with van der Waals surface area (Å²) in [4.78, 5) is 25.3. The zero-order chi connectivity index (χ0) is 16.0. The summed E-state index contributed by atoms with van der Waals surface area (Å²) in [5.41, 5.74) is 4.97. The van der Waals surface area contributed by atoms with Crippen molar-refractivity contribution in [1.82, 2.24) is 10.6 Å². The molecule has 0 fully saturated rings. The van der Waals surface area contributed by atoms with Gasteiger partial charge >= 0.3 is 0 Å². The molecule has 5 nitrogen and oxygen atoms in total. The number of rotatable bonds is 3. The van der Waals surface area contributed by atoms with Crippen molar-refractivity contribution in [3.63, 3.8) is 0 Å². The molecule has 114 valence electrons. The van der Waals surface area contributed by atoms with E-state index in [1.165, 1.54) is 11.3 Å². The first kappa shape index (κ1) is 17.2. The third-order valence-electron chi connectivity index (χ3n) is 2.38. The average Bonchev–Trinajstić information content (AvgIpc) is 2.82. The Hall–Kier alpha value is -1.84. The van der Waals surface area contributed by atoms with E-state index in [1.54, 1.807) is 19.1 Å². The SMILES string of the molecule is CC(NC(=O)c1ccc(C#CCN)s1)C(=O)NC(C)(C)C. The van der Waals surface area contributed by atoms with E-state index in [9.17, 15) is 9.59 Å². The molecule has 0 radical (unpaired) electrons. The van der Waals surface area contributed by atoms with Crippen LogP contribution in [-0.4, -0.2) is 29.9 Å². The summed E-state index contributed by atoms with van der Waals surface area (Å²) >= 11 is 1.27. The van der Waals surface area contributed by atoms with Crippen molar-refractivity contribution in [2.45, 2.75) is 39.3 Å². The Morgan fingerprint density at radius 1 is 1.38 bits per heavy atom. The van der Waals surface area contributed by atoms with Crippen molar-refractivity contribution in [2.24, 2.45) is 5.73 Å².